The minimum atomic E-state index is -3.58. The summed E-state index contributed by atoms with van der Waals surface area (Å²) in [6.07, 6.45) is 0. The van der Waals surface area contributed by atoms with E-state index in [0.717, 1.165) is 4.57 Å². The first-order valence-corrected chi connectivity index (χ1v) is 5.19. The molecule has 0 amide bonds. The van der Waals surface area contributed by atoms with Crippen LogP contribution in [0.5, 0.6) is 11.8 Å². The van der Waals surface area contributed by atoms with Crippen LogP contribution in [0, 0.1) is 0 Å². The van der Waals surface area contributed by atoms with Crippen molar-refractivity contribution < 1.29 is 18.6 Å². The molecular weight excluding hydrogens is 196 g/mol. The van der Waals surface area contributed by atoms with Gasteiger partial charge in [-0.3, -0.25) is 4.57 Å². The number of hydrogen-bond acceptors (Lipinski definition) is 4. The second-order valence-corrected chi connectivity index (χ2v) is 4.30. The third-order valence-corrected chi connectivity index (χ3v) is 2.29. The topological polar surface area (TPSA) is 106 Å². The van der Waals surface area contributed by atoms with Crippen molar-refractivity contribution in [3.05, 3.63) is 12.1 Å². The molecule has 0 aliphatic carbocycles. The molecule has 0 fully saturated rings. The highest BCUT2D eigenvalue weighted by atomic mass is 32.2. The molecule has 0 atom stereocenters. The minimum absolute atomic E-state index is 0.0660. The molecule has 6 nitrogen and oxygen atoms in total. The molecule has 0 aliphatic rings. The van der Waals surface area contributed by atoms with Crippen LogP contribution in [0.15, 0.2) is 12.1 Å². The Morgan fingerprint density at radius 1 is 1.31 bits per heavy atom. The molecule has 4 N–H and O–H groups in total. The minimum Gasteiger partial charge on any atom is -0.494 e. The Labute approximate surface area is 75.3 Å². The van der Waals surface area contributed by atoms with E-state index in [4.69, 9.17) is 15.4 Å². The van der Waals surface area contributed by atoms with Gasteiger partial charge in [-0.15, -0.1) is 0 Å². The number of primary sulfonamides is 1. The summed E-state index contributed by atoms with van der Waals surface area (Å²) < 4.78 is 22.1. The van der Waals surface area contributed by atoms with Crippen LogP contribution in [0.1, 0.15) is 0 Å². The lowest BCUT2D eigenvalue weighted by Gasteiger charge is -2.04. The summed E-state index contributed by atoms with van der Waals surface area (Å²) in [5.74, 6) is -0.717. The van der Waals surface area contributed by atoms with E-state index in [0.29, 0.717) is 0 Å². The fraction of sp³-hybridized carbons (Fsp3) is 0.333. The predicted octanol–water partition coefficient (Wildman–Crippen LogP) is -0.812. The van der Waals surface area contributed by atoms with E-state index in [2.05, 4.69) is 0 Å². The molecule has 0 spiro atoms. The average molecular weight is 206 g/mol. The standard InChI is InChI=1S/C6H10N2O4S/c7-13(11,12)4-3-8-5(9)1-2-6(8)10/h1-2,9-10H,3-4H2,(H2,7,11,12). The zero-order valence-corrected chi connectivity index (χ0v) is 7.53. The van der Waals surface area contributed by atoms with Gasteiger partial charge in [0.2, 0.25) is 10.0 Å². The third-order valence-electron chi connectivity index (χ3n) is 1.53. The molecule has 0 bridgehead atoms. The molecule has 1 heterocycles. The van der Waals surface area contributed by atoms with Crippen LogP contribution in [0.3, 0.4) is 0 Å². The molecule has 74 valence electrons. The van der Waals surface area contributed by atoms with Crippen molar-refractivity contribution in [2.75, 3.05) is 5.75 Å². The van der Waals surface area contributed by atoms with Gasteiger partial charge in [0.25, 0.3) is 0 Å². The lowest BCUT2D eigenvalue weighted by Crippen LogP contribution is -2.20. The van der Waals surface area contributed by atoms with E-state index in [1.54, 1.807) is 0 Å². The molecule has 7 heteroatoms. The molecule has 0 saturated heterocycles. The van der Waals surface area contributed by atoms with Gasteiger partial charge in [0.1, 0.15) is 0 Å². The van der Waals surface area contributed by atoms with Crippen molar-refractivity contribution in [3.63, 3.8) is 0 Å². The number of nitrogens with zero attached hydrogens (tertiary/aromatic N) is 1. The van der Waals surface area contributed by atoms with E-state index in [-0.39, 0.29) is 24.1 Å². The van der Waals surface area contributed by atoms with Crippen molar-refractivity contribution >= 4 is 10.0 Å². The Kier molecular flexibility index (Phi) is 2.48. The molecular formula is C6H10N2O4S. The van der Waals surface area contributed by atoms with Crippen LogP contribution in [0.4, 0.5) is 0 Å². The first-order valence-electron chi connectivity index (χ1n) is 3.48. The van der Waals surface area contributed by atoms with Gasteiger partial charge in [-0.1, -0.05) is 0 Å². The fourth-order valence-corrected chi connectivity index (χ4v) is 1.33. The summed E-state index contributed by atoms with van der Waals surface area (Å²) in [6.45, 7) is -0.0660. The monoisotopic (exact) mass is 206 g/mol. The van der Waals surface area contributed by atoms with Crippen molar-refractivity contribution in [1.29, 1.82) is 0 Å². The van der Waals surface area contributed by atoms with E-state index in [1.165, 1.54) is 12.1 Å². The average Bonchev–Trinajstić information content (AvgIpc) is 2.27. The summed E-state index contributed by atoms with van der Waals surface area (Å²) in [7, 11) is -3.58. The molecule has 1 aromatic rings. The van der Waals surface area contributed by atoms with Crippen LogP contribution >= 0.6 is 0 Å². The Balaban J connectivity index is 2.75. The summed E-state index contributed by atoms with van der Waals surface area (Å²) in [6, 6.07) is 2.52. The zero-order chi connectivity index (χ0) is 10.1. The molecule has 13 heavy (non-hydrogen) atoms. The Hall–Kier alpha value is -1.21. The number of rotatable bonds is 3. The van der Waals surface area contributed by atoms with Crippen molar-refractivity contribution in [1.82, 2.24) is 4.57 Å². The van der Waals surface area contributed by atoms with Gasteiger partial charge in [0.05, 0.1) is 5.75 Å². The lowest BCUT2D eigenvalue weighted by molar-refractivity contribution is 0.374. The summed E-state index contributed by atoms with van der Waals surface area (Å²) >= 11 is 0. The highest BCUT2D eigenvalue weighted by Crippen LogP contribution is 2.20. The Bertz CT molecular complexity index is 375. The van der Waals surface area contributed by atoms with Gasteiger partial charge < -0.3 is 10.2 Å². The van der Waals surface area contributed by atoms with Crippen molar-refractivity contribution in [3.8, 4) is 11.8 Å². The van der Waals surface area contributed by atoms with Crippen molar-refractivity contribution in [2.24, 2.45) is 5.14 Å². The predicted molar refractivity (Wildman–Crippen MR) is 45.7 cm³/mol. The number of aromatic hydroxyl groups is 2. The summed E-state index contributed by atoms with van der Waals surface area (Å²) in [4.78, 5) is 0. The van der Waals surface area contributed by atoms with Crippen LogP contribution < -0.4 is 5.14 Å². The SMILES string of the molecule is NS(=O)(=O)CCn1c(O)ccc1O. The van der Waals surface area contributed by atoms with Gasteiger partial charge in [-0.05, 0) is 0 Å². The van der Waals surface area contributed by atoms with Gasteiger partial charge in [-0.2, -0.15) is 0 Å². The number of aromatic nitrogens is 1. The molecule has 0 radical (unpaired) electrons. The Morgan fingerprint density at radius 3 is 2.15 bits per heavy atom. The fourth-order valence-electron chi connectivity index (χ4n) is 0.894. The van der Waals surface area contributed by atoms with Gasteiger partial charge in [0.15, 0.2) is 11.8 Å². The quantitative estimate of drug-likeness (QED) is 0.601. The lowest BCUT2D eigenvalue weighted by atomic mass is 10.6. The normalized spacial score (nSPS) is 11.8. The summed E-state index contributed by atoms with van der Waals surface area (Å²) in [5.41, 5.74) is 0. The van der Waals surface area contributed by atoms with Crippen LogP contribution in [-0.4, -0.2) is 29.0 Å². The maximum Gasteiger partial charge on any atom is 0.210 e. The molecule has 0 aliphatic heterocycles. The van der Waals surface area contributed by atoms with Crippen LogP contribution in [0.25, 0.3) is 0 Å². The number of nitrogens with two attached hydrogens (primary N) is 1. The Morgan fingerprint density at radius 2 is 1.77 bits per heavy atom. The van der Waals surface area contributed by atoms with Gasteiger partial charge in [0, 0.05) is 18.7 Å². The molecule has 0 unspecified atom stereocenters. The van der Waals surface area contributed by atoms with Gasteiger partial charge >= 0.3 is 0 Å². The van der Waals surface area contributed by atoms with Crippen LogP contribution in [-0.2, 0) is 16.6 Å². The number of hydrogen-bond donors (Lipinski definition) is 3. The largest absolute Gasteiger partial charge is 0.494 e. The first kappa shape index (κ1) is 9.87. The van der Waals surface area contributed by atoms with E-state index >= 15 is 0 Å². The molecule has 0 saturated carbocycles. The summed E-state index contributed by atoms with van der Waals surface area (Å²) in [5, 5.41) is 22.9. The van der Waals surface area contributed by atoms with E-state index < -0.39 is 10.0 Å². The van der Waals surface area contributed by atoms with Crippen molar-refractivity contribution in [2.45, 2.75) is 6.54 Å². The van der Waals surface area contributed by atoms with E-state index in [1.807, 2.05) is 0 Å². The first-order chi connectivity index (χ1) is 5.90. The highest BCUT2D eigenvalue weighted by Gasteiger charge is 2.08. The molecule has 1 rings (SSSR count). The smallest absolute Gasteiger partial charge is 0.210 e. The van der Waals surface area contributed by atoms with Gasteiger partial charge in [-0.25, -0.2) is 13.6 Å². The molecule has 1 aromatic heterocycles. The zero-order valence-electron chi connectivity index (χ0n) is 6.71. The maximum atomic E-state index is 10.6. The number of sulfonamides is 1. The van der Waals surface area contributed by atoms with Crippen LogP contribution in [0.2, 0.25) is 0 Å². The second-order valence-electron chi connectivity index (χ2n) is 2.57. The third kappa shape index (κ3) is 2.63. The van der Waals surface area contributed by atoms with E-state index in [9.17, 15) is 8.42 Å². The molecule has 0 aromatic carbocycles. The highest BCUT2D eigenvalue weighted by molar-refractivity contribution is 7.89. The maximum absolute atomic E-state index is 10.6. The second kappa shape index (κ2) is 3.27.